The molecule has 2 aromatic carbocycles. The molecule has 1 saturated heterocycles. The Bertz CT molecular complexity index is 1240. The van der Waals surface area contributed by atoms with Crippen LogP contribution in [0.2, 0.25) is 0 Å². The first-order chi connectivity index (χ1) is 17.7. The fraction of sp³-hybridized carbons (Fsp3) is 0.429. The Morgan fingerprint density at radius 1 is 1.14 bits per heavy atom. The van der Waals surface area contributed by atoms with E-state index in [4.69, 9.17) is 9.47 Å². The number of halogens is 2. The SMILES string of the molecule is COc1ccc2ncc(C)c([C@H](O)CCC3(C(=O)O)CCN(CCOc4cc(F)cc(F)c4)CC3)c2c1. The topological polar surface area (TPSA) is 92.1 Å². The molecule has 1 aliphatic heterocycles. The van der Waals surface area contributed by atoms with Crippen LogP contribution in [0.25, 0.3) is 10.9 Å². The Morgan fingerprint density at radius 2 is 1.84 bits per heavy atom. The minimum Gasteiger partial charge on any atom is -0.497 e. The summed E-state index contributed by atoms with van der Waals surface area (Å²) in [6, 6.07) is 8.55. The third-order valence-corrected chi connectivity index (χ3v) is 7.32. The molecule has 198 valence electrons. The molecular formula is C28H32F2N2O5. The molecule has 1 atom stereocenters. The fourth-order valence-electron chi connectivity index (χ4n) is 5.10. The van der Waals surface area contributed by atoms with Crippen LogP contribution in [-0.2, 0) is 4.79 Å². The molecule has 1 fully saturated rings. The van der Waals surface area contributed by atoms with Crippen molar-refractivity contribution >= 4 is 16.9 Å². The Kier molecular flexibility index (Phi) is 8.24. The highest BCUT2D eigenvalue weighted by molar-refractivity contribution is 5.85. The number of carbonyl (C=O) groups is 1. The number of likely N-dealkylation sites (tertiary alicyclic amines) is 1. The van der Waals surface area contributed by atoms with Crippen LogP contribution in [0.1, 0.15) is 42.9 Å². The van der Waals surface area contributed by atoms with E-state index in [9.17, 15) is 23.8 Å². The molecule has 0 aliphatic carbocycles. The van der Waals surface area contributed by atoms with Gasteiger partial charge in [-0.1, -0.05) is 0 Å². The number of aliphatic carboxylic acids is 1. The van der Waals surface area contributed by atoms with E-state index in [2.05, 4.69) is 9.88 Å². The number of fused-ring (bicyclic) bond motifs is 1. The first-order valence-corrected chi connectivity index (χ1v) is 12.4. The number of hydrogen-bond donors (Lipinski definition) is 2. The molecule has 0 unspecified atom stereocenters. The van der Waals surface area contributed by atoms with Gasteiger partial charge in [0, 0.05) is 36.3 Å². The van der Waals surface area contributed by atoms with Crippen LogP contribution in [0.3, 0.4) is 0 Å². The third-order valence-electron chi connectivity index (χ3n) is 7.32. The number of aliphatic hydroxyl groups excluding tert-OH is 1. The van der Waals surface area contributed by atoms with E-state index < -0.39 is 29.1 Å². The van der Waals surface area contributed by atoms with E-state index in [0.717, 1.165) is 40.2 Å². The van der Waals surface area contributed by atoms with Gasteiger partial charge < -0.3 is 19.7 Å². The van der Waals surface area contributed by atoms with Crippen molar-refractivity contribution in [2.45, 2.75) is 38.7 Å². The van der Waals surface area contributed by atoms with E-state index in [0.29, 0.717) is 51.1 Å². The van der Waals surface area contributed by atoms with Gasteiger partial charge >= 0.3 is 5.97 Å². The second kappa shape index (κ2) is 11.4. The molecule has 9 heteroatoms. The van der Waals surface area contributed by atoms with E-state index in [1.807, 2.05) is 25.1 Å². The number of piperidine rings is 1. The summed E-state index contributed by atoms with van der Waals surface area (Å²) in [5, 5.41) is 22.1. The van der Waals surface area contributed by atoms with E-state index in [-0.39, 0.29) is 12.4 Å². The zero-order valence-corrected chi connectivity index (χ0v) is 21.0. The first-order valence-electron chi connectivity index (χ1n) is 12.4. The number of pyridine rings is 1. The number of hydrogen-bond acceptors (Lipinski definition) is 6. The summed E-state index contributed by atoms with van der Waals surface area (Å²) in [5.41, 5.74) is 1.39. The number of aliphatic hydroxyl groups is 1. The lowest BCUT2D eigenvalue weighted by molar-refractivity contribution is -0.153. The third kappa shape index (κ3) is 6.17. The van der Waals surface area contributed by atoms with Crippen molar-refractivity contribution in [1.82, 2.24) is 9.88 Å². The number of rotatable bonds is 10. The average Bonchev–Trinajstić information content (AvgIpc) is 2.87. The van der Waals surface area contributed by atoms with Crippen molar-refractivity contribution < 1.29 is 33.3 Å². The Balaban J connectivity index is 1.37. The standard InChI is InChI=1S/C28H32F2N2O5/c1-18-17-31-24-4-3-21(36-2)16-23(24)26(18)25(33)5-6-28(27(34)35)7-9-32(10-8-28)11-12-37-22-14-19(29)13-20(30)15-22/h3-4,13-17,25,33H,5-12H2,1-2H3,(H,34,35)/t25-/m1/s1. The summed E-state index contributed by atoms with van der Waals surface area (Å²) in [6.07, 6.45) is 2.40. The molecular weight excluding hydrogens is 482 g/mol. The molecule has 37 heavy (non-hydrogen) atoms. The molecule has 1 aliphatic rings. The van der Waals surface area contributed by atoms with E-state index in [1.54, 1.807) is 13.3 Å². The van der Waals surface area contributed by atoms with Crippen LogP contribution >= 0.6 is 0 Å². The minimum atomic E-state index is -0.932. The van der Waals surface area contributed by atoms with Gasteiger partial charge in [-0.2, -0.15) is 0 Å². The summed E-state index contributed by atoms with van der Waals surface area (Å²) >= 11 is 0. The lowest BCUT2D eigenvalue weighted by Crippen LogP contribution is -2.45. The van der Waals surface area contributed by atoms with Crippen molar-refractivity contribution in [1.29, 1.82) is 0 Å². The average molecular weight is 515 g/mol. The summed E-state index contributed by atoms with van der Waals surface area (Å²) in [4.78, 5) is 18.9. The minimum absolute atomic E-state index is 0.125. The lowest BCUT2D eigenvalue weighted by Gasteiger charge is -2.39. The molecule has 1 aromatic heterocycles. The van der Waals surface area contributed by atoms with E-state index in [1.165, 1.54) is 0 Å². The van der Waals surface area contributed by atoms with Crippen molar-refractivity contribution in [3.8, 4) is 11.5 Å². The van der Waals surface area contributed by atoms with Gasteiger partial charge in [0.05, 0.1) is 24.1 Å². The zero-order chi connectivity index (χ0) is 26.6. The van der Waals surface area contributed by atoms with Gasteiger partial charge in [-0.3, -0.25) is 14.7 Å². The maximum atomic E-state index is 13.3. The van der Waals surface area contributed by atoms with Crippen LogP contribution in [0.5, 0.6) is 11.5 Å². The number of methoxy groups -OCH3 is 1. The molecule has 0 saturated carbocycles. The molecule has 0 spiro atoms. The van der Waals surface area contributed by atoms with Gasteiger partial charge in [-0.15, -0.1) is 0 Å². The summed E-state index contributed by atoms with van der Waals surface area (Å²) in [7, 11) is 1.58. The van der Waals surface area contributed by atoms with Gasteiger partial charge in [-0.25, -0.2) is 8.78 Å². The summed E-state index contributed by atoms with van der Waals surface area (Å²) < 4.78 is 37.5. The maximum Gasteiger partial charge on any atom is 0.309 e. The van der Waals surface area contributed by atoms with Gasteiger partial charge in [-0.05, 0) is 75.0 Å². The van der Waals surface area contributed by atoms with E-state index >= 15 is 0 Å². The summed E-state index contributed by atoms with van der Waals surface area (Å²) in [6.45, 7) is 3.74. The van der Waals surface area contributed by atoms with Crippen LogP contribution in [0, 0.1) is 24.0 Å². The number of carboxylic acid groups (broad SMARTS) is 1. The second-order valence-electron chi connectivity index (χ2n) is 9.67. The highest BCUT2D eigenvalue weighted by atomic mass is 19.1. The Morgan fingerprint density at radius 3 is 2.49 bits per heavy atom. The lowest BCUT2D eigenvalue weighted by atomic mass is 9.74. The fourth-order valence-corrected chi connectivity index (χ4v) is 5.10. The number of benzene rings is 2. The zero-order valence-electron chi connectivity index (χ0n) is 21.0. The van der Waals surface area contributed by atoms with Crippen molar-refractivity contribution in [3.63, 3.8) is 0 Å². The number of ether oxygens (including phenoxy) is 2. The predicted octanol–water partition coefficient (Wildman–Crippen LogP) is 4.89. The predicted molar refractivity (Wildman–Crippen MR) is 135 cm³/mol. The monoisotopic (exact) mass is 514 g/mol. The molecule has 4 rings (SSSR count). The van der Waals surface area contributed by atoms with Crippen LogP contribution in [0.4, 0.5) is 8.78 Å². The second-order valence-corrected chi connectivity index (χ2v) is 9.67. The number of carboxylic acids is 1. The quantitative estimate of drug-likeness (QED) is 0.398. The van der Waals surface area contributed by atoms with Crippen molar-refractivity contribution in [2.24, 2.45) is 5.41 Å². The van der Waals surface area contributed by atoms with Crippen LogP contribution in [-0.4, -0.2) is 59.4 Å². The Hall–Kier alpha value is -3.30. The number of aryl methyl sites for hydroxylation is 1. The molecule has 2 heterocycles. The van der Waals surface area contributed by atoms with Gasteiger partial charge in [0.25, 0.3) is 0 Å². The molecule has 0 radical (unpaired) electrons. The normalized spacial score (nSPS) is 16.5. The largest absolute Gasteiger partial charge is 0.497 e. The first kappa shape index (κ1) is 26.8. The van der Waals surface area contributed by atoms with Crippen LogP contribution < -0.4 is 9.47 Å². The highest BCUT2D eigenvalue weighted by Gasteiger charge is 2.41. The number of aromatic nitrogens is 1. The maximum absolute atomic E-state index is 13.3. The van der Waals surface area contributed by atoms with Crippen LogP contribution in [0.15, 0.2) is 42.6 Å². The number of nitrogens with zero attached hydrogens (tertiary/aromatic N) is 2. The van der Waals surface area contributed by atoms with Gasteiger partial charge in [0.15, 0.2) is 0 Å². The molecule has 3 aromatic rings. The van der Waals surface area contributed by atoms with Gasteiger partial charge in [0.2, 0.25) is 0 Å². The molecule has 0 amide bonds. The Labute approximate surface area is 214 Å². The molecule has 2 N–H and O–H groups in total. The van der Waals surface area contributed by atoms with Crippen molar-refractivity contribution in [2.75, 3.05) is 33.4 Å². The summed E-state index contributed by atoms with van der Waals surface area (Å²) in [5.74, 6) is -1.47. The van der Waals surface area contributed by atoms with Gasteiger partial charge in [0.1, 0.15) is 29.7 Å². The molecule has 0 bridgehead atoms. The highest BCUT2D eigenvalue weighted by Crippen LogP contribution is 2.40. The molecule has 7 nitrogen and oxygen atoms in total. The smallest absolute Gasteiger partial charge is 0.309 e. The van der Waals surface area contributed by atoms with Crippen molar-refractivity contribution in [3.05, 3.63) is 65.4 Å².